The van der Waals surface area contributed by atoms with Gasteiger partial charge < -0.3 is 0 Å². The van der Waals surface area contributed by atoms with Crippen LogP contribution in [0.4, 0.5) is 11.5 Å². The number of para-hydroxylation sites is 1. The second-order valence-corrected chi connectivity index (χ2v) is 6.10. The van der Waals surface area contributed by atoms with Crippen LogP contribution in [0.1, 0.15) is 0 Å². The molecule has 1 aromatic heterocycles. The summed E-state index contributed by atoms with van der Waals surface area (Å²) in [5, 5.41) is 13.9. The Morgan fingerprint density at radius 3 is 2.24 bits per heavy atom. The molecule has 3 aromatic rings. The standard InChI is InChI=1S/C14H11N5O4S.Na/c20-14-13(17-18-19(14)11-4-2-1-3-5-11)16-15-10-6-8-12(9-7-10)24(21,22)23;/h1-9,18H,(H,21,22,23);. The zero-order valence-corrected chi connectivity index (χ0v) is 15.9. The average Bonchev–Trinajstić information content (AvgIpc) is 2.94. The number of benzene rings is 2. The number of aromatic amines is 1. The Kier molecular flexibility index (Phi) is 6.03. The Morgan fingerprint density at radius 1 is 1.00 bits per heavy atom. The molecule has 9 nitrogen and oxygen atoms in total. The molecule has 0 spiro atoms. The number of H-pyrrole nitrogens is 1. The van der Waals surface area contributed by atoms with Gasteiger partial charge in [-0.25, -0.2) is 9.90 Å². The van der Waals surface area contributed by atoms with E-state index in [1.54, 1.807) is 24.3 Å². The van der Waals surface area contributed by atoms with E-state index in [2.05, 4.69) is 20.5 Å². The molecule has 0 saturated carbocycles. The van der Waals surface area contributed by atoms with Crippen LogP contribution in [0, 0.1) is 0 Å². The van der Waals surface area contributed by atoms with Crippen LogP contribution >= 0.6 is 0 Å². The summed E-state index contributed by atoms with van der Waals surface area (Å²) in [4.78, 5) is 11.9. The fourth-order valence-electron chi connectivity index (χ4n) is 1.90. The average molecular weight is 368 g/mol. The zero-order chi connectivity index (χ0) is 17.2. The predicted octanol–water partition coefficient (Wildman–Crippen LogP) is 1.84. The predicted molar refractivity (Wildman–Crippen MR) is 90.4 cm³/mol. The van der Waals surface area contributed by atoms with Crippen molar-refractivity contribution in [3.8, 4) is 5.69 Å². The van der Waals surface area contributed by atoms with E-state index < -0.39 is 15.7 Å². The first-order chi connectivity index (χ1) is 11.4. The Morgan fingerprint density at radius 2 is 1.64 bits per heavy atom. The van der Waals surface area contributed by atoms with Gasteiger partial charge in [0.25, 0.3) is 15.9 Å². The van der Waals surface area contributed by atoms with Crippen molar-refractivity contribution >= 4 is 51.2 Å². The Labute approximate surface area is 164 Å². The number of hydrogen-bond acceptors (Lipinski definition) is 6. The van der Waals surface area contributed by atoms with Gasteiger partial charge in [0, 0.05) is 29.6 Å². The molecule has 0 aliphatic carbocycles. The third-order valence-corrected chi connectivity index (χ3v) is 3.93. The molecule has 3 rings (SSSR count). The van der Waals surface area contributed by atoms with Crippen molar-refractivity contribution in [2.24, 2.45) is 10.2 Å². The van der Waals surface area contributed by atoms with Crippen LogP contribution in [-0.4, -0.2) is 57.5 Å². The molecule has 0 saturated heterocycles. The van der Waals surface area contributed by atoms with Gasteiger partial charge in [-0.1, -0.05) is 18.2 Å². The van der Waals surface area contributed by atoms with Gasteiger partial charge in [-0.15, -0.1) is 15.3 Å². The van der Waals surface area contributed by atoms with E-state index in [1.165, 1.54) is 28.9 Å². The van der Waals surface area contributed by atoms with Crippen molar-refractivity contribution in [2.45, 2.75) is 4.90 Å². The summed E-state index contributed by atoms with van der Waals surface area (Å²) in [6, 6.07) is 13.9. The van der Waals surface area contributed by atoms with Crippen molar-refractivity contribution in [3.63, 3.8) is 0 Å². The summed E-state index contributed by atoms with van der Waals surface area (Å²) in [5.41, 5.74) is 0.435. The molecule has 11 heteroatoms. The van der Waals surface area contributed by atoms with E-state index in [0.717, 1.165) is 0 Å². The largest absolute Gasteiger partial charge is 0.319 e. The molecule has 25 heavy (non-hydrogen) atoms. The molecule has 0 atom stereocenters. The number of hydrogen-bond donors (Lipinski definition) is 2. The summed E-state index contributed by atoms with van der Waals surface area (Å²) >= 11 is 0. The molecule has 1 heterocycles. The van der Waals surface area contributed by atoms with Crippen molar-refractivity contribution in [2.75, 3.05) is 0 Å². The van der Waals surface area contributed by atoms with Gasteiger partial charge in [0.1, 0.15) is 0 Å². The van der Waals surface area contributed by atoms with E-state index in [9.17, 15) is 13.2 Å². The van der Waals surface area contributed by atoms with Crippen LogP contribution in [0.15, 0.2) is 74.5 Å². The minimum absolute atomic E-state index is 0. The zero-order valence-electron chi connectivity index (χ0n) is 13.1. The fraction of sp³-hybridized carbons (Fsp3) is 0. The molecule has 0 aliphatic heterocycles. The molecule has 0 fully saturated rings. The monoisotopic (exact) mass is 368 g/mol. The van der Waals surface area contributed by atoms with Gasteiger partial charge in [-0.3, -0.25) is 9.35 Å². The molecule has 123 valence electrons. The first kappa shape index (κ1) is 19.2. The quantitative estimate of drug-likeness (QED) is 0.412. The smallest absolute Gasteiger partial charge is 0.282 e. The van der Waals surface area contributed by atoms with Crippen LogP contribution in [0.2, 0.25) is 0 Å². The minimum atomic E-state index is -4.26. The maximum absolute atomic E-state index is 12.2. The number of rotatable bonds is 4. The summed E-state index contributed by atoms with van der Waals surface area (Å²) in [5.74, 6) is -0.141. The van der Waals surface area contributed by atoms with Crippen molar-refractivity contribution in [1.82, 2.24) is 15.0 Å². The number of nitrogens with zero attached hydrogens (tertiary/aromatic N) is 4. The molecule has 0 bridgehead atoms. The molecule has 0 unspecified atom stereocenters. The summed E-state index contributed by atoms with van der Waals surface area (Å²) in [6.07, 6.45) is 0. The van der Waals surface area contributed by atoms with Gasteiger partial charge in [0.15, 0.2) is 0 Å². The van der Waals surface area contributed by atoms with Gasteiger partial charge in [0.2, 0.25) is 0 Å². The van der Waals surface area contributed by atoms with Crippen LogP contribution in [-0.2, 0) is 10.1 Å². The Hall–Kier alpha value is -2.11. The van der Waals surface area contributed by atoms with E-state index in [0.29, 0.717) is 11.4 Å². The van der Waals surface area contributed by atoms with E-state index in [-0.39, 0.29) is 40.3 Å². The van der Waals surface area contributed by atoms with Crippen LogP contribution < -0.4 is 5.56 Å². The summed E-state index contributed by atoms with van der Waals surface area (Å²) in [7, 11) is -4.26. The molecule has 1 radical (unpaired) electrons. The van der Waals surface area contributed by atoms with E-state index in [1.807, 2.05) is 6.07 Å². The second-order valence-electron chi connectivity index (χ2n) is 4.68. The SMILES string of the molecule is O=c1c(N=Nc2ccc(S(=O)(=O)O)cc2)n[nH]n1-c1ccccc1.[Na]. The van der Waals surface area contributed by atoms with Gasteiger partial charge in [0.05, 0.1) is 16.3 Å². The van der Waals surface area contributed by atoms with Gasteiger partial charge in [-0.05, 0) is 36.4 Å². The summed E-state index contributed by atoms with van der Waals surface area (Å²) < 4.78 is 32.0. The van der Waals surface area contributed by atoms with Crippen molar-refractivity contribution < 1.29 is 13.0 Å². The minimum Gasteiger partial charge on any atom is -0.282 e. The van der Waals surface area contributed by atoms with E-state index >= 15 is 0 Å². The normalized spacial score (nSPS) is 11.4. The van der Waals surface area contributed by atoms with Crippen LogP contribution in [0.5, 0.6) is 0 Å². The molecule has 2 N–H and O–H groups in total. The molecule has 2 aromatic carbocycles. The maximum atomic E-state index is 12.2. The molecular weight excluding hydrogens is 357 g/mol. The topological polar surface area (TPSA) is 130 Å². The second kappa shape index (κ2) is 7.85. The summed E-state index contributed by atoms with van der Waals surface area (Å²) in [6.45, 7) is 0. The Balaban J connectivity index is 0.00000225. The fourth-order valence-corrected chi connectivity index (χ4v) is 2.38. The van der Waals surface area contributed by atoms with Crippen molar-refractivity contribution in [3.05, 3.63) is 65.0 Å². The van der Waals surface area contributed by atoms with Crippen LogP contribution in [0.3, 0.4) is 0 Å². The van der Waals surface area contributed by atoms with Gasteiger partial charge in [-0.2, -0.15) is 8.42 Å². The number of azo groups is 1. The number of aromatic nitrogens is 3. The first-order valence-corrected chi connectivity index (χ1v) is 8.11. The van der Waals surface area contributed by atoms with Gasteiger partial charge >= 0.3 is 5.56 Å². The third kappa shape index (κ3) is 4.50. The maximum Gasteiger partial charge on any atom is 0.319 e. The molecular formula is C14H11N5NaO4S. The van der Waals surface area contributed by atoms with E-state index in [4.69, 9.17) is 4.55 Å². The number of nitrogens with one attached hydrogen (secondary N) is 1. The van der Waals surface area contributed by atoms with Crippen molar-refractivity contribution in [1.29, 1.82) is 0 Å². The molecule has 0 amide bonds. The Bertz CT molecular complexity index is 1040. The molecule has 0 aliphatic rings. The first-order valence-electron chi connectivity index (χ1n) is 6.67. The third-order valence-electron chi connectivity index (χ3n) is 3.06. The van der Waals surface area contributed by atoms with Crippen LogP contribution in [0.25, 0.3) is 5.69 Å².